The quantitative estimate of drug-likeness (QED) is 0.0741. The summed E-state index contributed by atoms with van der Waals surface area (Å²) in [6.07, 6.45) is 17.6. The molecule has 34 heavy (non-hydrogen) atoms. The Morgan fingerprint density at radius 1 is 0.529 bits per heavy atom. The molecule has 206 valence electrons. The van der Waals surface area contributed by atoms with Gasteiger partial charge in [-0.3, -0.25) is 0 Å². The Hall–Kier alpha value is -0.210. The summed E-state index contributed by atoms with van der Waals surface area (Å²) in [6, 6.07) is 0. The highest BCUT2D eigenvalue weighted by Gasteiger charge is 2.26. The zero-order valence-electron chi connectivity index (χ0n) is 22.9. The van der Waals surface area contributed by atoms with Gasteiger partial charge in [-0.1, -0.05) is 72.1 Å². The Kier molecular flexibility index (Phi) is 23.1. The molecule has 0 N–H and O–H groups in total. The van der Waals surface area contributed by atoms with Crippen LogP contribution in [-0.2, 0) is 19.6 Å². The molecule has 0 saturated heterocycles. The van der Waals surface area contributed by atoms with Crippen LogP contribution in [0.15, 0.2) is 0 Å². The second-order valence-corrected chi connectivity index (χ2v) is 11.5. The minimum absolute atomic E-state index is 0.244. The van der Waals surface area contributed by atoms with Crippen molar-refractivity contribution in [2.75, 3.05) is 58.4 Å². The first kappa shape index (κ1) is 33.8. The van der Waals surface area contributed by atoms with Crippen LogP contribution in [0, 0.1) is 0 Å². The monoisotopic (exact) mass is 507 g/mol. The third-order valence-corrected chi connectivity index (χ3v) is 7.47. The Morgan fingerprint density at radius 2 is 0.971 bits per heavy atom. The van der Waals surface area contributed by atoms with E-state index in [1.165, 1.54) is 77.0 Å². The minimum Gasteiger partial charge on any atom is -0.748 e. The van der Waals surface area contributed by atoms with Crippen molar-refractivity contribution in [1.29, 1.82) is 0 Å². The topological polar surface area (TPSA) is 75.7 Å². The van der Waals surface area contributed by atoms with Crippen molar-refractivity contribution in [1.82, 2.24) is 0 Å². The lowest BCUT2D eigenvalue weighted by atomic mass is 10.1. The van der Waals surface area contributed by atoms with Crippen LogP contribution < -0.4 is 0 Å². The summed E-state index contributed by atoms with van der Waals surface area (Å²) in [5.41, 5.74) is 0. The van der Waals surface area contributed by atoms with E-state index in [0.717, 1.165) is 50.1 Å². The molecule has 0 saturated carbocycles. The van der Waals surface area contributed by atoms with Crippen LogP contribution >= 0.6 is 0 Å². The van der Waals surface area contributed by atoms with Crippen molar-refractivity contribution in [2.45, 2.75) is 117 Å². The maximum absolute atomic E-state index is 11.1. The van der Waals surface area contributed by atoms with E-state index in [-0.39, 0.29) is 5.75 Å². The van der Waals surface area contributed by atoms with E-state index < -0.39 is 10.1 Å². The van der Waals surface area contributed by atoms with Crippen LogP contribution in [0.1, 0.15) is 117 Å². The number of hydrogen-bond acceptors (Lipinski definition) is 5. The molecule has 0 aliphatic carbocycles. The predicted octanol–water partition coefficient (Wildman–Crippen LogP) is 6.29. The molecule has 0 fully saturated rings. The Balaban J connectivity index is 4.87. The summed E-state index contributed by atoms with van der Waals surface area (Å²) in [7, 11) is -4.13. The molecule has 0 atom stereocenters. The highest BCUT2D eigenvalue weighted by Crippen LogP contribution is 2.18. The first-order valence-corrected chi connectivity index (χ1v) is 15.9. The predicted molar refractivity (Wildman–Crippen MR) is 142 cm³/mol. The molecule has 0 aliphatic rings. The third kappa shape index (κ3) is 22.3. The summed E-state index contributed by atoms with van der Waals surface area (Å²) in [5, 5.41) is 0. The van der Waals surface area contributed by atoms with Gasteiger partial charge in [0.2, 0.25) is 0 Å². The zero-order chi connectivity index (χ0) is 25.4. The van der Waals surface area contributed by atoms with Gasteiger partial charge in [0.05, 0.1) is 49.6 Å². The summed E-state index contributed by atoms with van der Waals surface area (Å²) in [4.78, 5) is 0. The van der Waals surface area contributed by atoms with Crippen molar-refractivity contribution in [3.63, 3.8) is 0 Å². The van der Waals surface area contributed by atoms with Gasteiger partial charge in [-0.05, 0) is 44.9 Å². The minimum atomic E-state index is -4.13. The van der Waals surface area contributed by atoms with E-state index in [1.807, 2.05) is 0 Å². The summed E-state index contributed by atoms with van der Waals surface area (Å²) < 4.78 is 45.7. The van der Waals surface area contributed by atoms with Crippen LogP contribution in [0.5, 0.6) is 0 Å². The van der Waals surface area contributed by atoms with E-state index in [9.17, 15) is 13.0 Å². The molecule has 0 spiro atoms. The summed E-state index contributed by atoms with van der Waals surface area (Å²) >= 11 is 0. The number of nitrogens with zero attached hydrogens (tertiary/aromatic N) is 1. The van der Waals surface area contributed by atoms with Crippen LogP contribution in [-0.4, -0.2) is 75.8 Å². The molecule has 0 heterocycles. The highest BCUT2D eigenvalue weighted by atomic mass is 32.2. The fraction of sp³-hybridized carbons (Fsp3) is 1.00. The van der Waals surface area contributed by atoms with Gasteiger partial charge in [0.1, 0.15) is 6.54 Å². The number of ether oxygens (including phenoxy) is 2. The third-order valence-electron chi connectivity index (χ3n) is 6.68. The van der Waals surface area contributed by atoms with E-state index in [4.69, 9.17) is 9.47 Å². The first-order chi connectivity index (χ1) is 16.4. The van der Waals surface area contributed by atoms with E-state index in [1.54, 1.807) is 0 Å². The molecule has 0 bridgehead atoms. The molecule has 6 nitrogen and oxygen atoms in total. The maximum atomic E-state index is 11.1. The van der Waals surface area contributed by atoms with E-state index >= 15 is 0 Å². The van der Waals surface area contributed by atoms with Crippen molar-refractivity contribution < 1.29 is 26.9 Å². The maximum Gasteiger partial charge on any atom is 0.102 e. The van der Waals surface area contributed by atoms with E-state index in [0.29, 0.717) is 26.2 Å². The standard InChI is InChI=1S/C27H57NO5S/c1-4-7-9-11-13-15-19-28(20-16-14-12-10-8-5-2,21-17-18-27-34(29,30)31)22-24-33-26-25-32-23-6-3/h4-27H2,1-3H3. The van der Waals surface area contributed by atoms with Crippen molar-refractivity contribution in [3.8, 4) is 0 Å². The second-order valence-electron chi connectivity index (χ2n) is 9.97. The molecule has 0 aromatic carbocycles. The molecule has 0 aliphatic heterocycles. The molecule has 0 radical (unpaired) electrons. The average Bonchev–Trinajstić information content (AvgIpc) is 2.80. The van der Waals surface area contributed by atoms with Crippen molar-refractivity contribution >= 4 is 10.1 Å². The molecule has 7 heteroatoms. The first-order valence-electron chi connectivity index (χ1n) is 14.3. The molecular formula is C27H57NO5S. The second kappa shape index (κ2) is 23.2. The molecule has 0 rings (SSSR count). The Morgan fingerprint density at radius 3 is 1.44 bits per heavy atom. The van der Waals surface area contributed by atoms with Crippen molar-refractivity contribution in [3.05, 3.63) is 0 Å². The number of unbranched alkanes of at least 4 members (excludes halogenated alkanes) is 11. The number of hydrogen-bond donors (Lipinski definition) is 0. The van der Waals surface area contributed by atoms with Gasteiger partial charge < -0.3 is 18.5 Å². The normalized spacial score (nSPS) is 12.5. The number of quaternary nitrogens is 1. The average molecular weight is 508 g/mol. The summed E-state index contributed by atoms with van der Waals surface area (Å²) in [6.45, 7) is 13.5. The van der Waals surface area contributed by atoms with Gasteiger partial charge in [-0.25, -0.2) is 8.42 Å². The van der Waals surface area contributed by atoms with Gasteiger partial charge in [0, 0.05) is 12.4 Å². The highest BCUT2D eigenvalue weighted by molar-refractivity contribution is 7.85. The molecule has 0 amide bonds. The fourth-order valence-corrected chi connectivity index (χ4v) is 5.13. The molecule has 0 aromatic rings. The summed E-state index contributed by atoms with van der Waals surface area (Å²) in [5.74, 6) is -0.244. The molecule has 0 aromatic heterocycles. The van der Waals surface area contributed by atoms with Gasteiger partial charge >= 0.3 is 0 Å². The number of rotatable bonds is 27. The van der Waals surface area contributed by atoms with Crippen LogP contribution in [0.2, 0.25) is 0 Å². The van der Waals surface area contributed by atoms with Crippen LogP contribution in [0.3, 0.4) is 0 Å². The lowest BCUT2D eigenvalue weighted by Crippen LogP contribution is -2.52. The van der Waals surface area contributed by atoms with Gasteiger partial charge in [-0.15, -0.1) is 0 Å². The Bertz CT molecular complexity index is 511. The fourth-order valence-electron chi connectivity index (χ4n) is 4.58. The van der Waals surface area contributed by atoms with Crippen LogP contribution in [0.25, 0.3) is 0 Å². The van der Waals surface area contributed by atoms with Gasteiger partial charge in [0.25, 0.3) is 0 Å². The lowest BCUT2D eigenvalue weighted by Gasteiger charge is -2.39. The smallest absolute Gasteiger partial charge is 0.102 e. The SMILES string of the molecule is CCCCCCCC[N+](CCCCCCCC)(CCCCS(=O)(=O)[O-])CCOCCOCCC. The van der Waals surface area contributed by atoms with E-state index in [2.05, 4.69) is 20.8 Å². The lowest BCUT2D eigenvalue weighted by molar-refractivity contribution is -0.929. The van der Waals surface area contributed by atoms with Crippen LogP contribution in [0.4, 0.5) is 0 Å². The largest absolute Gasteiger partial charge is 0.748 e. The molecular weight excluding hydrogens is 450 g/mol. The zero-order valence-corrected chi connectivity index (χ0v) is 23.7. The molecule has 0 unspecified atom stereocenters. The van der Waals surface area contributed by atoms with Gasteiger partial charge in [-0.2, -0.15) is 0 Å². The van der Waals surface area contributed by atoms with Crippen molar-refractivity contribution in [2.24, 2.45) is 0 Å². The Labute approximate surface area is 212 Å². The van der Waals surface area contributed by atoms with Gasteiger partial charge in [0.15, 0.2) is 0 Å².